The Morgan fingerprint density at radius 1 is 1.14 bits per heavy atom. The van der Waals surface area contributed by atoms with Crippen molar-refractivity contribution in [2.45, 2.75) is 33.6 Å². The zero-order valence-corrected chi connectivity index (χ0v) is 12.5. The molecule has 0 fully saturated rings. The maximum absolute atomic E-state index is 12.1. The van der Waals surface area contributed by atoms with Gasteiger partial charge in [-0.2, -0.15) is 0 Å². The van der Waals surface area contributed by atoms with Gasteiger partial charge in [0.15, 0.2) is 0 Å². The third kappa shape index (κ3) is 4.34. The van der Waals surface area contributed by atoms with Gasteiger partial charge in [0.2, 0.25) is 5.91 Å². The fourth-order valence-corrected chi connectivity index (χ4v) is 2.04. The Morgan fingerprint density at radius 2 is 1.81 bits per heavy atom. The first-order valence-electron chi connectivity index (χ1n) is 6.85. The van der Waals surface area contributed by atoms with Crippen LogP contribution in [0.2, 0.25) is 0 Å². The predicted molar refractivity (Wildman–Crippen MR) is 77.5 cm³/mol. The SMILES string of the molecule is CCCNC(=O)CCNC(=O)c1c(C)[nH]c(C(=O)O)c1C. The molecule has 2 amide bonds. The molecule has 0 aliphatic heterocycles. The molecule has 0 aliphatic rings. The van der Waals surface area contributed by atoms with Crippen LogP contribution in [0.5, 0.6) is 0 Å². The number of aromatic amines is 1. The van der Waals surface area contributed by atoms with Gasteiger partial charge in [0.05, 0.1) is 5.56 Å². The highest BCUT2D eigenvalue weighted by Crippen LogP contribution is 2.17. The summed E-state index contributed by atoms with van der Waals surface area (Å²) in [5, 5.41) is 14.3. The van der Waals surface area contributed by atoms with Crippen molar-refractivity contribution in [3.63, 3.8) is 0 Å². The second kappa shape index (κ2) is 7.47. The standard InChI is InChI=1S/C14H21N3O4/c1-4-6-15-10(18)5-7-16-13(19)11-8(2)12(14(20)21)17-9(11)3/h17H,4-7H2,1-3H3,(H,15,18)(H,16,19)(H,20,21). The molecule has 0 unspecified atom stereocenters. The number of aromatic carboxylic acids is 1. The van der Waals surface area contributed by atoms with E-state index >= 15 is 0 Å². The maximum atomic E-state index is 12.1. The van der Waals surface area contributed by atoms with Crippen molar-refractivity contribution in [3.05, 3.63) is 22.5 Å². The van der Waals surface area contributed by atoms with Crippen LogP contribution in [0.25, 0.3) is 0 Å². The van der Waals surface area contributed by atoms with Gasteiger partial charge >= 0.3 is 5.97 Å². The van der Waals surface area contributed by atoms with Gasteiger partial charge in [0.25, 0.3) is 5.91 Å². The summed E-state index contributed by atoms with van der Waals surface area (Å²) >= 11 is 0. The van der Waals surface area contributed by atoms with Crippen molar-refractivity contribution < 1.29 is 19.5 Å². The minimum Gasteiger partial charge on any atom is -0.477 e. The molecular weight excluding hydrogens is 274 g/mol. The molecule has 1 aromatic heterocycles. The molecule has 0 bridgehead atoms. The van der Waals surface area contributed by atoms with E-state index in [9.17, 15) is 14.4 Å². The Balaban J connectivity index is 2.61. The highest BCUT2D eigenvalue weighted by atomic mass is 16.4. The van der Waals surface area contributed by atoms with E-state index in [1.807, 2.05) is 6.92 Å². The van der Waals surface area contributed by atoms with Crippen LogP contribution in [-0.2, 0) is 4.79 Å². The summed E-state index contributed by atoms with van der Waals surface area (Å²) in [6.07, 6.45) is 1.05. The smallest absolute Gasteiger partial charge is 0.352 e. The molecule has 7 nitrogen and oxygen atoms in total. The topological polar surface area (TPSA) is 111 Å². The van der Waals surface area contributed by atoms with Crippen LogP contribution < -0.4 is 10.6 Å². The summed E-state index contributed by atoms with van der Waals surface area (Å²) in [7, 11) is 0. The number of carbonyl (C=O) groups excluding carboxylic acids is 2. The van der Waals surface area contributed by atoms with E-state index in [0.29, 0.717) is 23.4 Å². The lowest BCUT2D eigenvalue weighted by Gasteiger charge is -2.06. The second-order valence-electron chi connectivity index (χ2n) is 4.79. The summed E-state index contributed by atoms with van der Waals surface area (Å²) in [5.74, 6) is -1.60. The van der Waals surface area contributed by atoms with Gasteiger partial charge in [-0.25, -0.2) is 4.79 Å². The fourth-order valence-electron chi connectivity index (χ4n) is 2.04. The van der Waals surface area contributed by atoms with Crippen LogP contribution in [0, 0.1) is 13.8 Å². The van der Waals surface area contributed by atoms with Crippen LogP contribution >= 0.6 is 0 Å². The average molecular weight is 295 g/mol. The number of nitrogens with one attached hydrogen (secondary N) is 3. The molecule has 116 valence electrons. The van der Waals surface area contributed by atoms with Crippen LogP contribution in [0.3, 0.4) is 0 Å². The largest absolute Gasteiger partial charge is 0.477 e. The minimum atomic E-state index is -1.10. The molecule has 0 saturated carbocycles. The Kier molecular flexibility index (Phi) is 5.95. The Morgan fingerprint density at radius 3 is 2.33 bits per heavy atom. The first kappa shape index (κ1) is 16.7. The molecule has 0 aliphatic carbocycles. The number of H-pyrrole nitrogens is 1. The van der Waals surface area contributed by atoms with Gasteiger partial charge in [0.1, 0.15) is 5.69 Å². The fraction of sp³-hybridized carbons (Fsp3) is 0.500. The average Bonchev–Trinajstić information content (AvgIpc) is 2.71. The normalized spacial score (nSPS) is 10.2. The lowest BCUT2D eigenvalue weighted by molar-refractivity contribution is -0.120. The number of aromatic nitrogens is 1. The van der Waals surface area contributed by atoms with Crippen LogP contribution in [-0.4, -0.2) is 41.0 Å². The van der Waals surface area contributed by atoms with Gasteiger partial charge in [-0.1, -0.05) is 6.92 Å². The highest BCUT2D eigenvalue weighted by Gasteiger charge is 2.21. The van der Waals surface area contributed by atoms with E-state index < -0.39 is 5.97 Å². The summed E-state index contributed by atoms with van der Waals surface area (Å²) in [5.41, 5.74) is 1.23. The molecule has 21 heavy (non-hydrogen) atoms. The summed E-state index contributed by atoms with van der Waals surface area (Å²) in [6.45, 7) is 6.00. The minimum absolute atomic E-state index is 0.0124. The number of carboxylic acids is 1. The molecule has 0 radical (unpaired) electrons. The summed E-state index contributed by atoms with van der Waals surface area (Å²) < 4.78 is 0. The van der Waals surface area contributed by atoms with Crippen molar-refractivity contribution in [3.8, 4) is 0 Å². The number of hydrogen-bond acceptors (Lipinski definition) is 3. The molecule has 0 saturated heterocycles. The molecule has 1 aromatic rings. The van der Waals surface area contributed by atoms with E-state index in [1.54, 1.807) is 13.8 Å². The van der Waals surface area contributed by atoms with Crippen molar-refractivity contribution in [2.24, 2.45) is 0 Å². The van der Waals surface area contributed by atoms with Crippen molar-refractivity contribution >= 4 is 17.8 Å². The van der Waals surface area contributed by atoms with E-state index in [1.165, 1.54) is 0 Å². The van der Waals surface area contributed by atoms with Gasteiger partial charge in [-0.15, -0.1) is 0 Å². The summed E-state index contributed by atoms with van der Waals surface area (Å²) in [4.78, 5) is 37.1. The van der Waals surface area contributed by atoms with Gasteiger partial charge < -0.3 is 20.7 Å². The lowest BCUT2D eigenvalue weighted by Crippen LogP contribution is -2.31. The molecule has 0 atom stereocenters. The van der Waals surface area contributed by atoms with Gasteiger partial charge in [-0.05, 0) is 25.8 Å². The summed E-state index contributed by atoms with van der Waals surface area (Å²) in [6, 6.07) is 0. The van der Waals surface area contributed by atoms with Gasteiger partial charge in [0, 0.05) is 25.2 Å². The Hall–Kier alpha value is -2.31. The Bertz CT molecular complexity index is 549. The molecule has 4 N–H and O–H groups in total. The highest BCUT2D eigenvalue weighted by molar-refractivity contribution is 6.00. The molecule has 7 heteroatoms. The first-order valence-corrected chi connectivity index (χ1v) is 6.85. The number of rotatable bonds is 7. The monoisotopic (exact) mass is 295 g/mol. The second-order valence-corrected chi connectivity index (χ2v) is 4.79. The van der Waals surface area contributed by atoms with E-state index in [-0.39, 0.29) is 30.5 Å². The van der Waals surface area contributed by atoms with Gasteiger partial charge in [-0.3, -0.25) is 9.59 Å². The number of aryl methyl sites for hydroxylation is 1. The van der Waals surface area contributed by atoms with Crippen LogP contribution in [0.1, 0.15) is 51.9 Å². The molecule has 1 rings (SSSR count). The van der Waals surface area contributed by atoms with E-state index in [4.69, 9.17) is 5.11 Å². The van der Waals surface area contributed by atoms with Crippen LogP contribution in [0.4, 0.5) is 0 Å². The zero-order chi connectivity index (χ0) is 16.0. The molecule has 1 heterocycles. The Labute approximate surface area is 123 Å². The molecular formula is C14H21N3O4. The van der Waals surface area contributed by atoms with Crippen LogP contribution in [0.15, 0.2) is 0 Å². The third-order valence-corrected chi connectivity index (χ3v) is 3.09. The number of amides is 2. The zero-order valence-electron chi connectivity index (χ0n) is 12.5. The maximum Gasteiger partial charge on any atom is 0.352 e. The van der Waals surface area contributed by atoms with Crippen molar-refractivity contribution in [1.82, 2.24) is 15.6 Å². The van der Waals surface area contributed by atoms with E-state index in [0.717, 1.165) is 6.42 Å². The number of carbonyl (C=O) groups is 3. The number of carboxylic acid groups (broad SMARTS) is 1. The lowest BCUT2D eigenvalue weighted by atomic mass is 10.1. The third-order valence-electron chi connectivity index (χ3n) is 3.09. The van der Waals surface area contributed by atoms with E-state index in [2.05, 4.69) is 15.6 Å². The number of hydrogen-bond donors (Lipinski definition) is 4. The molecule has 0 aromatic carbocycles. The molecule has 0 spiro atoms. The predicted octanol–water partition coefficient (Wildman–Crippen LogP) is 0.976. The quantitative estimate of drug-likeness (QED) is 0.600. The van der Waals surface area contributed by atoms with Crippen molar-refractivity contribution in [2.75, 3.05) is 13.1 Å². The first-order chi connectivity index (χ1) is 9.88. The van der Waals surface area contributed by atoms with Crippen molar-refractivity contribution in [1.29, 1.82) is 0 Å².